The summed E-state index contributed by atoms with van der Waals surface area (Å²) >= 11 is 1.02. The summed E-state index contributed by atoms with van der Waals surface area (Å²) in [6, 6.07) is 13.7. The third-order valence-electron chi connectivity index (χ3n) is 3.84. The van der Waals surface area contributed by atoms with Crippen molar-refractivity contribution in [1.29, 1.82) is 0 Å². The second kappa shape index (κ2) is 8.59. The van der Waals surface area contributed by atoms with Crippen LogP contribution < -0.4 is 10.0 Å². The van der Waals surface area contributed by atoms with Gasteiger partial charge in [-0.05, 0) is 35.6 Å². The van der Waals surface area contributed by atoms with Crippen molar-refractivity contribution in [1.82, 2.24) is 4.72 Å². The van der Waals surface area contributed by atoms with E-state index in [0.717, 1.165) is 29.0 Å². The molecule has 0 aliphatic rings. The lowest BCUT2D eigenvalue weighted by molar-refractivity contribution is -0.117. The monoisotopic (exact) mass is 422 g/mol. The van der Waals surface area contributed by atoms with Gasteiger partial charge >= 0.3 is 0 Å². The van der Waals surface area contributed by atoms with Crippen LogP contribution in [0.15, 0.2) is 70.3 Å². The molecule has 2 N–H and O–H groups in total. The summed E-state index contributed by atoms with van der Waals surface area (Å²) in [5.41, 5.74) is 0.763. The van der Waals surface area contributed by atoms with Crippen LogP contribution in [0.25, 0.3) is 0 Å². The number of sulfonamides is 1. The van der Waals surface area contributed by atoms with Crippen LogP contribution in [0.4, 0.5) is 14.5 Å². The first kappa shape index (κ1) is 20.1. The van der Waals surface area contributed by atoms with Crippen molar-refractivity contribution in [3.63, 3.8) is 0 Å². The fourth-order valence-corrected chi connectivity index (χ4v) is 4.71. The van der Waals surface area contributed by atoms with Crippen LogP contribution in [0, 0.1) is 11.6 Å². The van der Waals surface area contributed by atoms with Crippen LogP contribution in [-0.2, 0) is 21.2 Å². The highest BCUT2D eigenvalue weighted by Gasteiger charge is 2.27. The Kier molecular flexibility index (Phi) is 6.18. The summed E-state index contributed by atoms with van der Waals surface area (Å²) < 4.78 is 54.1. The zero-order valence-corrected chi connectivity index (χ0v) is 16.1. The van der Waals surface area contributed by atoms with E-state index < -0.39 is 33.6 Å². The minimum absolute atomic E-state index is 0.0253. The van der Waals surface area contributed by atoms with E-state index in [1.54, 1.807) is 41.8 Å². The molecule has 0 unspecified atom stereocenters. The maximum Gasteiger partial charge on any atom is 0.250 e. The lowest BCUT2D eigenvalue weighted by Gasteiger charge is -2.18. The van der Waals surface area contributed by atoms with Gasteiger partial charge in [0.1, 0.15) is 10.3 Å². The lowest BCUT2D eigenvalue weighted by atomic mass is 10.1. The Labute approximate surface area is 165 Å². The number of benzene rings is 2. The van der Waals surface area contributed by atoms with Crippen LogP contribution in [0.3, 0.4) is 0 Å². The summed E-state index contributed by atoms with van der Waals surface area (Å²) in [5, 5.41) is 4.04. The van der Waals surface area contributed by atoms with Crippen LogP contribution in [-0.4, -0.2) is 20.4 Å². The minimum atomic E-state index is -3.91. The molecular weight excluding hydrogens is 406 g/mol. The van der Waals surface area contributed by atoms with Gasteiger partial charge in [-0.25, -0.2) is 17.2 Å². The molecule has 3 aromatic rings. The van der Waals surface area contributed by atoms with Crippen LogP contribution in [0.1, 0.15) is 5.56 Å². The molecule has 0 aliphatic carbocycles. The van der Waals surface area contributed by atoms with Gasteiger partial charge in [0.25, 0.3) is 10.0 Å². The fraction of sp³-hybridized carbons (Fsp3) is 0.105. The number of carbonyl (C=O) groups is 1. The number of halogens is 2. The number of anilines is 1. The van der Waals surface area contributed by atoms with E-state index in [1.807, 2.05) is 0 Å². The molecule has 0 saturated carbocycles. The summed E-state index contributed by atoms with van der Waals surface area (Å²) in [7, 11) is -3.91. The summed E-state index contributed by atoms with van der Waals surface area (Å²) in [4.78, 5) is 12.7. The predicted molar refractivity (Wildman–Crippen MR) is 104 cm³/mol. The Morgan fingerprint density at radius 2 is 1.75 bits per heavy atom. The van der Waals surface area contributed by atoms with Gasteiger partial charge in [-0.15, -0.1) is 11.3 Å². The maximum absolute atomic E-state index is 13.4. The van der Waals surface area contributed by atoms with E-state index in [-0.39, 0.29) is 16.3 Å². The maximum atomic E-state index is 13.4. The van der Waals surface area contributed by atoms with Crippen molar-refractivity contribution in [2.75, 3.05) is 5.32 Å². The molecule has 0 radical (unpaired) electrons. The average molecular weight is 422 g/mol. The SMILES string of the molecule is O=C(Nc1ccc(F)c(F)c1)[C@@H](Cc1ccccc1)NS(=O)(=O)c1cccs1. The molecule has 0 aliphatic heterocycles. The fourth-order valence-electron chi connectivity index (χ4n) is 2.50. The summed E-state index contributed by atoms with van der Waals surface area (Å²) in [5.74, 6) is -2.84. The van der Waals surface area contributed by atoms with Crippen molar-refractivity contribution in [3.05, 3.63) is 83.2 Å². The molecule has 9 heteroatoms. The Balaban J connectivity index is 1.84. The highest BCUT2D eigenvalue weighted by molar-refractivity contribution is 7.91. The molecule has 5 nitrogen and oxygen atoms in total. The number of amides is 1. The lowest BCUT2D eigenvalue weighted by Crippen LogP contribution is -2.45. The van der Waals surface area contributed by atoms with Crippen LogP contribution in [0.5, 0.6) is 0 Å². The number of hydrogen-bond acceptors (Lipinski definition) is 4. The van der Waals surface area contributed by atoms with E-state index in [0.29, 0.717) is 0 Å². The molecule has 0 bridgehead atoms. The van der Waals surface area contributed by atoms with Gasteiger partial charge in [-0.1, -0.05) is 36.4 Å². The molecule has 1 amide bonds. The minimum Gasteiger partial charge on any atom is -0.325 e. The molecule has 1 atom stereocenters. The number of nitrogens with one attached hydrogen (secondary N) is 2. The molecule has 146 valence electrons. The van der Waals surface area contributed by atoms with E-state index in [2.05, 4.69) is 10.0 Å². The highest BCUT2D eigenvalue weighted by atomic mass is 32.2. The van der Waals surface area contributed by atoms with Gasteiger partial charge in [0.05, 0.1) is 0 Å². The Bertz CT molecular complexity index is 1060. The van der Waals surface area contributed by atoms with Crippen LogP contribution in [0.2, 0.25) is 0 Å². The van der Waals surface area contributed by atoms with Crippen molar-refractivity contribution >= 4 is 33.0 Å². The standard InChI is InChI=1S/C19H16F2N2O3S2/c20-15-9-8-14(12-16(15)21)22-19(24)17(11-13-5-2-1-3-6-13)23-28(25,26)18-7-4-10-27-18/h1-10,12,17,23H,11H2,(H,22,24)/t17-/m1/s1. The zero-order chi connectivity index (χ0) is 20.1. The molecule has 1 aromatic heterocycles. The third-order valence-corrected chi connectivity index (χ3v) is 6.71. The van der Waals surface area contributed by atoms with Crippen molar-refractivity contribution in [2.24, 2.45) is 0 Å². The first-order chi connectivity index (χ1) is 13.3. The quantitative estimate of drug-likeness (QED) is 0.611. The highest BCUT2D eigenvalue weighted by Crippen LogP contribution is 2.18. The zero-order valence-electron chi connectivity index (χ0n) is 14.4. The van der Waals surface area contributed by atoms with Gasteiger partial charge < -0.3 is 5.32 Å². The molecular formula is C19H16F2N2O3S2. The average Bonchev–Trinajstić information content (AvgIpc) is 3.21. The van der Waals surface area contributed by atoms with E-state index >= 15 is 0 Å². The smallest absolute Gasteiger partial charge is 0.250 e. The van der Waals surface area contributed by atoms with E-state index in [9.17, 15) is 22.0 Å². The second-order valence-electron chi connectivity index (χ2n) is 5.91. The van der Waals surface area contributed by atoms with Gasteiger partial charge in [0.15, 0.2) is 11.6 Å². The number of rotatable bonds is 7. The third kappa shape index (κ3) is 5.00. The number of thiophene rings is 1. The first-order valence-electron chi connectivity index (χ1n) is 8.21. The second-order valence-corrected chi connectivity index (χ2v) is 8.80. The molecule has 2 aromatic carbocycles. The van der Waals surface area contributed by atoms with Gasteiger partial charge in [-0.3, -0.25) is 4.79 Å². The topological polar surface area (TPSA) is 75.3 Å². The largest absolute Gasteiger partial charge is 0.325 e. The molecule has 28 heavy (non-hydrogen) atoms. The molecule has 1 heterocycles. The predicted octanol–water partition coefficient (Wildman–Crippen LogP) is 3.55. The Morgan fingerprint density at radius 1 is 1.00 bits per heavy atom. The van der Waals surface area contributed by atoms with Gasteiger partial charge in [-0.2, -0.15) is 4.72 Å². The molecule has 0 fully saturated rings. The first-order valence-corrected chi connectivity index (χ1v) is 10.6. The summed E-state index contributed by atoms with van der Waals surface area (Å²) in [6.07, 6.45) is 0.0843. The van der Waals surface area contributed by atoms with E-state index in [1.165, 1.54) is 12.1 Å². The van der Waals surface area contributed by atoms with Gasteiger partial charge in [0, 0.05) is 11.8 Å². The van der Waals surface area contributed by atoms with Crippen molar-refractivity contribution < 1.29 is 22.0 Å². The Hall–Kier alpha value is -2.62. The number of hydrogen-bond donors (Lipinski definition) is 2. The molecule has 0 saturated heterocycles. The Morgan fingerprint density at radius 3 is 2.39 bits per heavy atom. The van der Waals surface area contributed by atoms with Crippen molar-refractivity contribution in [3.8, 4) is 0 Å². The van der Waals surface area contributed by atoms with Gasteiger partial charge in [0.2, 0.25) is 5.91 Å². The molecule has 3 rings (SSSR count). The number of carbonyl (C=O) groups excluding carboxylic acids is 1. The van der Waals surface area contributed by atoms with Crippen LogP contribution >= 0.6 is 11.3 Å². The normalized spacial score (nSPS) is 12.5. The van der Waals surface area contributed by atoms with Crippen molar-refractivity contribution in [2.45, 2.75) is 16.7 Å². The molecule has 0 spiro atoms. The summed E-state index contributed by atoms with van der Waals surface area (Å²) in [6.45, 7) is 0. The van der Waals surface area contributed by atoms with E-state index in [4.69, 9.17) is 0 Å².